The van der Waals surface area contributed by atoms with Gasteiger partial charge in [-0.1, -0.05) is 30.3 Å². The van der Waals surface area contributed by atoms with Crippen molar-refractivity contribution in [2.75, 3.05) is 6.54 Å². The molecule has 3 aromatic rings. The third-order valence-electron chi connectivity index (χ3n) is 4.51. The smallest absolute Gasteiger partial charge is 0.117 e. The Labute approximate surface area is 136 Å². The summed E-state index contributed by atoms with van der Waals surface area (Å²) in [6.07, 6.45) is 5.86. The average molecular weight is 307 g/mol. The highest BCUT2D eigenvalue weighted by molar-refractivity contribution is 5.18. The molecular weight excluding hydrogens is 286 g/mol. The molecule has 0 saturated heterocycles. The number of rotatable bonds is 5. The normalized spacial score (nSPS) is 14.8. The number of imidazole rings is 1. The molecule has 0 N–H and O–H groups in total. The van der Waals surface area contributed by atoms with Crippen LogP contribution in [0, 0.1) is 0 Å². The van der Waals surface area contributed by atoms with Gasteiger partial charge in [0, 0.05) is 31.7 Å². The van der Waals surface area contributed by atoms with Crippen LogP contribution in [0.25, 0.3) is 0 Å². The molecule has 0 fully saturated rings. The first-order valence-corrected chi connectivity index (χ1v) is 8.20. The van der Waals surface area contributed by atoms with Crippen molar-refractivity contribution < 1.29 is 4.42 Å². The van der Waals surface area contributed by atoms with Gasteiger partial charge in [0.15, 0.2) is 0 Å². The van der Waals surface area contributed by atoms with Crippen molar-refractivity contribution in [3.8, 4) is 0 Å². The molecule has 1 aliphatic heterocycles. The molecule has 23 heavy (non-hydrogen) atoms. The Hall–Kier alpha value is -2.33. The van der Waals surface area contributed by atoms with Gasteiger partial charge in [-0.2, -0.15) is 0 Å². The molecule has 4 heteroatoms. The summed E-state index contributed by atoms with van der Waals surface area (Å²) >= 11 is 0. The summed E-state index contributed by atoms with van der Waals surface area (Å²) in [5.74, 6) is 1.02. The fourth-order valence-electron chi connectivity index (χ4n) is 3.27. The van der Waals surface area contributed by atoms with Crippen LogP contribution in [-0.4, -0.2) is 21.0 Å². The van der Waals surface area contributed by atoms with Crippen molar-refractivity contribution in [1.29, 1.82) is 0 Å². The second-order valence-corrected chi connectivity index (χ2v) is 6.11. The number of fused-ring (bicyclic) bond motifs is 1. The maximum absolute atomic E-state index is 5.45. The lowest BCUT2D eigenvalue weighted by molar-refractivity contribution is 0.220. The van der Waals surface area contributed by atoms with Crippen molar-refractivity contribution in [3.63, 3.8) is 0 Å². The summed E-state index contributed by atoms with van der Waals surface area (Å²) in [5.41, 5.74) is 4.00. The minimum atomic E-state index is 0.864. The summed E-state index contributed by atoms with van der Waals surface area (Å²) in [6, 6.07) is 14.6. The average Bonchev–Trinajstić information content (AvgIpc) is 3.23. The molecule has 0 radical (unpaired) electrons. The van der Waals surface area contributed by atoms with Crippen LogP contribution in [0.3, 0.4) is 0 Å². The monoisotopic (exact) mass is 307 g/mol. The molecule has 0 unspecified atom stereocenters. The zero-order valence-corrected chi connectivity index (χ0v) is 13.2. The third kappa shape index (κ3) is 3.22. The van der Waals surface area contributed by atoms with E-state index in [4.69, 9.17) is 4.42 Å². The van der Waals surface area contributed by atoms with E-state index >= 15 is 0 Å². The highest BCUT2D eigenvalue weighted by atomic mass is 16.3. The molecule has 0 bridgehead atoms. The van der Waals surface area contributed by atoms with Gasteiger partial charge >= 0.3 is 0 Å². The van der Waals surface area contributed by atoms with Crippen LogP contribution in [0.5, 0.6) is 0 Å². The molecule has 4 nitrogen and oxygen atoms in total. The number of aromatic nitrogens is 2. The van der Waals surface area contributed by atoms with Gasteiger partial charge in [-0.05, 0) is 24.1 Å². The summed E-state index contributed by atoms with van der Waals surface area (Å²) in [5, 5.41) is 0. The van der Waals surface area contributed by atoms with Crippen LogP contribution in [0.2, 0.25) is 0 Å². The minimum Gasteiger partial charge on any atom is -0.468 e. The first kappa shape index (κ1) is 14.3. The van der Waals surface area contributed by atoms with Gasteiger partial charge in [0.25, 0.3) is 0 Å². The van der Waals surface area contributed by atoms with Gasteiger partial charge in [-0.25, -0.2) is 4.98 Å². The van der Waals surface area contributed by atoms with Crippen molar-refractivity contribution in [3.05, 3.63) is 77.8 Å². The van der Waals surface area contributed by atoms with Gasteiger partial charge in [-0.15, -0.1) is 0 Å². The van der Waals surface area contributed by atoms with Crippen LogP contribution < -0.4 is 0 Å². The highest BCUT2D eigenvalue weighted by Gasteiger charge is 2.21. The Morgan fingerprint density at radius 1 is 1.09 bits per heavy atom. The van der Waals surface area contributed by atoms with Gasteiger partial charge in [0.05, 0.1) is 24.8 Å². The van der Waals surface area contributed by atoms with E-state index in [1.54, 1.807) is 6.26 Å². The summed E-state index contributed by atoms with van der Waals surface area (Å²) in [4.78, 5) is 7.04. The zero-order valence-electron chi connectivity index (χ0n) is 13.2. The molecule has 2 aromatic heterocycles. The predicted octanol–water partition coefficient (Wildman–Crippen LogP) is 3.28. The van der Waals surface area contributed by atoms with Crippen molar-refractivity contribution in [1.82, 2.24) is 14.5 Å². The largest absolute Gasteiger partial charge is 0.468 e. The Balaban J connectivity index is 1.40. The molecule has 0 saturated carbocycles. The third-order valence-corrected chi connectivity index (χ3v) is 4.51. The first-order valence-electron chi connectivity index (χ1n) is 8.20. The second-order valence-electron chi connectivity index (χ2n) is 6.11. The molecule has 0 amide bonds. The van der Waals surface area contributed by atoms with Crippen LogP contribution >= 0.6 is 0 Å². The Kier molecular flexibility index (Phi) is 3.99. The maximum Gasteiger partial charge on any atom is 0.117 e. The molecule has 1 aromatic carbocycles. The second kappa shape index (κ2) is 6.42. The van der Waals surface area contributed by atoms with Gasteiger partial charge < -0.3 is 8.98 Å². The van der Waals surface area contributed by atoms with Crippen LogP contribution in [0.4, 0.5) is 0 Å². The maximum atomic E-state index is 5.45. The Bertz CT molecular complexity index is 746. The SMILES string of the molecule is c1ccc(CCn2cnc3c2CCN(Cc2ccco2)C3)cc1. The number of aryl methyl sites for hydroxylation is 2. The van der Waals surface area contributed by atoms with Gasteiger partial charge in [0.1, 0.15) is 5.76 Å². The lowest BCUT2D eigenvalue weighted by atomic mass is 10.1. The molecule has 118 valence electrons. The molecule has 0 aliphatic carbocycles. The fourth-order valence-corrected chi connectivity index (χ4v) is 3.27. The van der Waals surface area contributed by atoms with E-state index in [1.807, 2.05) is 18.5 Å². The zero-order chi connectivity index (χ0) is 15.5. The predicted molar refractivity (Wildman–Crippen MR) is 88.9 cm³/mol. The van der Waals surface area contributed by atoms with Crippen molar-refractivity contribution >= 4 is 0 Å². The van der Waals surface area contributed by atoms with Crippen LogP contribution in [0.15, 0.2) is 59.5 Å². The van der Waals surface area contributed by atoms with Crippen molar-refractivity contribution in [2.45, 2.75) is 32.5 Å². The number of hydrogen-bond acceptors (Lipinski definition) is 3. The first-order chi connectivity index (χ1) is 11.4. The highest BCUT2D eigenvalue weighted by Crippen LogP contribution is 2.20. The van der Waals surface area contributed by atoms with E-state index in [2.05, 4.69) is 44.8 Å². The summed E-state index contributed by atoms with van der Waals surface area (Å²) < 4.78 is 7.78. The molecule has 0 atom stereocenters. The van der Waals surface area contributed by atoms with E-state index in [1.165, 1.54) is 17.0 Å². The van der Waals surface area contributed by atoms with E-state index in [-0.39, 0.29) is 0 Å². The lowest BCUT2D eigenvalue weighted by Crippen LogP contribution is -2.30. The summed E-state index contributed by atoms with van der Waals surface area (Å²) in [7, 11) is 0. The molecule has 3 heterocycles. The molecular formula is C19H21N3O. The molecule has 1 aliphatic rings. The van der Waals surface area contributed by atoms with E-state index in [0.29, 0.717) is 0 Å². The topological polar surface area (TPSA) is 34.2 Å². The number of benzene rings is 1. The van der Waals surface area contributed by atoms with Crippen molar-refractivity contribution in [2.24, 2.45) is 0 Å². The fraction of sp³-hybridized carbons (Fsp3) is 0.316. The van der Waals surface area contributed by atoms with E-state index in [0.717, 1.165) is 44.8 Å². The lowest BCUT2D eigenvalue weighted by Gasteiger charge is -2.26. The number of hydrogen-bond donors (Lipinski definition) is 0. The quantitative estimate of drug-likeness (QED) is 0.725. The Morgan fingerprint density at radius 3 is 2.83 bits per heavy atom. The van der Waals surface area contributed by atoms with Gasteiger partial charge in [-0.3, -0.25) is 4.90 Å². The van der Waals surface area contributed by atoms with E-state index < -0.39 is 0 Å². The van der Waals surface area contributed by atoms with Crippen LogP contribution in [-0.2, 0) is 32.5 Å². The molecule has 4 rings (SSSR count). The standard InChI is InChI=1S/C19H21N3O/c1-2-5-16(6-3-1)8-11-22-15-20-18-14-21(10-9-19(18)22)13-17-7-4-12-23-17/h1-7,12,15H,8-11,13-14H2. The number of nitrogens with zero attached hydrogens (tertiary/aromatic N) is 3. The van der Waals surface area contributed by atoms with Gasteiger partial charge in [0.2, 0.25) is 0 Å². The molecule has 0 spiro atoms. The number of furan rings is 1. The Morgan fingerprint density at radius 2 is 2.00 bits per heavy atom. The summed E-state index contributed by atoms with van der Waals surface area (Å²) in [6.45, 7) is 3.84. The van der Waals surface area contributed by atoms with E-state index in [9.17, 15) is 0 Å². The van der Waals surface area contributed by atoms with Crippen LogP contribution in [0.1, 0.15) is 22.7 Å². The minimum absolute atomic E-state index is 0.864.